The molecule has 0 spiro atoms. The third kappa shape index (κ3) is 4.51. The molecule has 5 nitrogen and oxygen atoms in total. The van der Waals surface area contributed by atoms with E-state index in [-0.39, 0.29) is 19.0 Å². The predicted molar refractivity (Wildman–Crippen MR) is 77.8 cm³/mol. The molecule has 108 valence electrons. The molecule has 1 aromatic carbocycles. The van der Waals surface area contributed by atoms with Crippen molar-refractivity contribution in [3.8, 4) is 0 Å². The van der Waals surface area contributed by atoms with Crippen molar-refractivity contribution < 1.29 is 14.7 Å². The number of carboxylic acid groups (broad SMARTS) is 1. The number of carbonyl (C=O) groups excluding carboxylic acids is 1. The summed E-state index contributed by atoms with van der Waals surface area (Å²) in [6, 6.07) is 7.27. The molecule has 0 heterocycles. The Balaban J connectivity index is 2.98. The number of nitrogens with one attached hydrogen (secondary N) is 1. The number of nitrogens with zero attached hydrogens (tertiary/aromatic N) is 1. The molecule has 0 saturated carbocycles. The molecule has 0 aliphatic carbocycles. The SMILES string of the molecule is C=CCN(CC(=O)O)C(=O)c1ccccc1CCNC. The lowest BCUT2D eigenvalue weighted by Gasteiger charge is -2.20. The van der Waals surface area contributed by atoms with E-state index in [1.807, 2.05) is 19.2 Å². The molecule has 0 aliphatic heterocycles. The van der Waals surface area contributed by atoms with Gasteiger partial charge in [0.25, 0.3) is 5.91 Å². The Morgan fingerprint density at radius 3 is 2.70 bits per heavy atom. The number of carboxylic acids is 1. The van der Waals surface area contributed by atoms with E-state index >= 15 is 0 Å². The van der Waals surface area contributed by atoms with Gasteiger partial charge in [0.2, 0.25) is 0 Å². The molecular weight excluding hydrogens is 256 g/mol. The minimum absolute atomic E-state index is 0.214. The van der Waals surface area contributed by atoms with Crippen molar-refractivity contribution in [2.24, 2.45) is 0 Å². The lowest BCUT2D eigenvalue weighted by Crippen LogP contribution is -2.36. The van der Waals surface area contributed by atoms with Gasteiger partial charge in [-0.25, -0.2) is 0 Å². The molecule has 5 heteroatoms. The van der Waals surface area contributed by atoms with Crippen molar-refractivity contribution in [1.82, 2.24) is 10.2 Å². The number of aliphatic carboxylic acids is 1. The Morgan fingerprint density at radius 2 is 2.10 bits per heavy atom. The molecule has 0 atom stereocenters. The number of amides is 1. The second-order valence-corrected chi connectivity index (χ2v) is 4.38. The zero-order chi connectivity index (χ0) is 15.0. The van der Waals surface area contributed by atoms with Gasteiger partial charge in [0.1, 0.15) is 6.54 Å². The molecule has 1 aromatic rings. The van der Waals surface area contributed by atoms with E-state index < -0.39 is 5.97 Å². The number of benzene rings is 1. The Labute approximate surface area is 118 Å². The number of carbonyl (C=O) groups is 2. The Kier molecular flexibility index (Phi) is 6.46. The van der Waals surface area contributed by atoms with Crippen molar-refractivity contribution in [1.29, 1.82) is 0 Å². The monoisotopic (exact) mass is 276 g/mol. The number of likely N-dealkylation sites (N-methyl/N-ethyl adjacent to an activating group) is 1. The van der Waals surface area contributed by atoms with E-state index in [9.17, 15) is 9.59 Å². The van der Waals surface area contributed by atoms with Crippen molar-refractivity contribution in [3.63, 3.8) is 0 Å². The summed E-state index contributed by atoms with van der Waals surface area (Å²) < 4.78 is 0. The zero-order valence-corrected chi connectivity index (χ0v) is 11.6. The van der Waals surface area contributed by atoms with Gasteiger partial charge in [-0.2, -0.15) is 0 Å². The molecule has 1 amide bonds. The fraction of sp³-hybridized carbons (Fsp3) is 0.333. The number of rotatable bonds is 8. The van der Waals surface area contributed by atoms with Crippen LogP contribution in [0.15, 0.2) is 36.9 Å². The van der Waals surface area contributed by atoms with Gasteiger partial charge in [0, 0.05) is 12.1 Å². The molecule has 20 heavy (non-hydrogen) atoms. The first kappa shape index (κ1) is 15.9. The molecule has 2 N–H and O–H groups in total. The normalized spacial score (nSPS) is 10.1. The first-order valence-electron chi connectivity index (χ1n) is 6.44. The van der Waals surface area contributed by atoms with Crippen molar-refractivity contribution in [3.05, 3.63) is 48.0 Å². The van der Waals surface area contributed by atoms with Crippen LogP contribution in [0.1, 0.15) is 15.9 Å². The van der Waals surface area contributed by atoms with Crippen LogP contribution >= 0.6 is 0 Å². The second kappa shape index (κ2) is 8.12. The highest BCUT2D eigenvalue weighted by Crippen LogP contribution is 2.12. The minimum atomic E-state index is -1.03. The summed E-state index contributed by atoms with van der Waals surface area (Å²) in [5.74, 6) is -1.31. The van der Waals surface area contributed by atoms with Crippen LogP contribution in [0.25, 0.3) is 0 Å². The smallest absolute Gasteiger partial charge is 0.323 e. The third-order valence-electron chi connectivity index (χ3n) is 2.85. The van der Waals surface area contributed by atoms with Gasteiger partial charge in [-0.3, -0.25) is 9.59 Å². The molecule has 0 aromatic heterocycles. The van der Waals surface area contributed by atoms with Crippen LogP contribution in [0.2, 0.25) is 0 Å². The van der Waals surface area contributed by atoms with Crippen LogP contribution in [-0.2, 0) is 11.2 Å². The molecule has 0 saturated heterocycles. The molecule has 0 unspecified atom stereocenters. The highest BCUT2D eigenvalue weighted by Gasteiger charge is 2.19. The Hall–Kier alpha value is -2.14. The van der Waals surface area contributed by atoms with E-state index in [1.54, 1.807) is 12.1 Å². The van der Waals surface area contributed by atoms with Gasteiger partial charge < -0.3 is 15.3 Å². The quantitative estimate of drug-likeness (QED) is 0.699. The lowest BCUT2D eigenvalue weighted by molar-refractivity contribution is -0.137. The van der Waals surface area contributed by atoms with E-state index in [0.29, 0.717) is 12.0 Å². The molecular formula is C15H20N2O3. The fourth-order valence-electron chi connectivity index (χ4n) is 1.92. The molecule has 1 rings (SSSR count). The van der Waals surface area contributed by atoms with Crippen LogP contribution < -0.4 is 5.32 Å². The number of hydrogen-bond donors (Lipinski definition) is 2. The first-order chi connectivity index (χ1) is 9.60. The van der Waals surface area contributed by atoms with Gasteiger partial charge in [-0.05, 0) is 31.6 Å². The standard InChI is InChI=1S/C15H20N2O3/c1-3-10-17(11-14(18)19)15(20)13-7-5-4-6-12(13)8-9-16-2/h3-7,16H,1,8-11H2,2H3,(H,18,19). The summed E-state index contributed by atoms with van der Waals surface area (Å²) in [5, 5.41) is 11.9. The van der Waals surface area contributed by atoms with E-state index in [2.05, 4.69) is 11.9 Å². The third-order valence-corrected chi connectivity index (χ3v) is 2.85. The summed E-state index contributed by atoms with van der Waals surface area (Å²) in [4.78, 5) is 24.6. The summed E-state index contributed by atoms with van der Waals surface area (Å²) >= 11 is 0. The molecule has 0 radical (unpaired) electrons. The highest BCUT2D eigenvalue weighted by atomic mass is 16.4. The van der Waals surface area contributed by atoms with Gasteiger partial charge in [-0.15, -0.1) is 6.58 Å². The van der Waals surface area contributed by atoms with Gasteiger partial charge >= 0.3 is 5.97 Å². The highest BCUT2D eigenvalue weighted by molar-refractivity contribution is 5.97. The molecule has 0 aliphatic rings. The van der Waals surface area contributed by atoms with Crippen LogP contribution in [-0.4, -0.2) is 48.6 Å². The Bertz CT molecular complexity index is 486. The zero-order valence-electron chi connectivity index (χ0n) is 11.6. The van der Waals surface area contributed by atoms with E-state index in [1.165, 1.54) is 11.0 Å². The maximum absolute atomic E-state index is 12.4. The Morgan fingerprint density at radius 1 is 1.40 bits per heavy atom. The number of hydrogen-bond acceptors (Lipinski definition) is 3. The van der Waals surface area contributed by atoms with Crippen molar-refractivity contribution >= 4 is 11.9 Å². The minimum Gasteiger partial charge on any atom is -0.480 e. The van der Waals surface area contributed by atoms with Gasteiger partial charge in [0.05, 0.1) is 0 Å². The second-order valence-electron chi connectivity index (χ2n) is 4.38. The van der Waals surface area contributed by atoms with E-state index in [0.717, 1.165) is 12.1 Å². The molecule has 0 bridgehead atoms. The largest absolute Gasteiger partial charge is 0.480 e. The van der Waals surface area contributed by atoms with Crippen LogP contribution in [0.5, 0.6) is 0 Å². The van der Waals surface area contributed by atoms with Gasteiger partial charge in [0.15, 0.2) is 0 Å². The van der Waals surface area contributed by atoms with Crippen LogP contribution in [0.3, 0.4) is 0 Å². The summed E-state index contributed by atoms with van der Waals surface area (Å²) in [5.41, 5.74) is 1.46. The van der Waals surface area contributed by atoms with Crippen LogP contribution in [0.4, 0.5) is 0 Å². The van der Waals surface area contributed by atoms with E-state index in [4.69, 9.17) is 5.11 Å². The first-order valence-corrected chi connectivity index (χ1v) is 6.44. The summed E-state index contributed by atoms with van der Waals surface area (Å²) in [7, 11) is 1.85. The summed E-state index contributed by atoms with van der Waals surface area (Å²) in [6.07, 6.45) is 2.24. The van der Waals surface area contributed by atoms with Crippen molar-refractivity contribution in [2.75, 3.05) is 26.7 Å². The average molecular weight is 276 g/mol. The predicted octanol–water partition coefficient (Wildman–Crippen LogP) is 1.16. The fourth-order valence-corrected chi connectivity index (χ4v) is 1.92. The maximum Gasteiger partial charge on any atom is 0.323 e. The van der Waals surface area contributed by atoms with Crippen LogP contribution in [0, 0.1) is 0 Å². The molecule has 0 fully saturated rings. The maximum atomic E-state index is 12.4. The average Bonchev–Trinajstić information content (AvgIpc) is 2.44. The summed E-state index contributed by atoms with van der Waals surface area (Å²) in [6.45, 7) is 4.20. The van der Waals surface area contributed by atoms with Crippen molar-refractivity contribution in [2.45, 2.75) is 6.42 Å². The lowest BCUT2D eigenvalue weighted by atomic mass is 10.0. The topological polar surface area (TPSA) is 69.6 Å². The van der Waals surface area contributed by atoms with Gasteiger partial charge in [-0.1, -0.05) is 24.3 Å².